The number of hydrogen-bond acceptors (Lipinski definition) is 1. The number of nitrogens with zero attached hydrogens (tertiary/aromatic N) is 2. The largest absolute Gasteiger partial charge is 0.340 e. The van der Waals surface area contributed by atoms with Crippen molar-refractivity contribution in [3.63, 3.8) is 0 Å². The smallest absolute Gasteiger partial charge is 0.123 e. The zero-order valence-electron chi connectivity index (χ0n) is 11.3. The highest BCUT2D eigenvalue weighted by molar-refractivity contribution is 6.84. The van der Waals surface area contributed by atoms with E-state index < -0.39 is 8.80 Å². The standard InChI is InChI=1S/C16H14F2N2Si/c17-13-1-5-15(6-2-13)21(12-20-10-9-19-11-20)16-7-3-14(18)4-8-16/h1-11,21H,12H2. The van der Waals surface area contributed by atoms with Crippen molar-refractivity contribution in [2.45, 2.75) is 6.17 Å². The monoisotopic (exact) mass is 300 g/mol. The maximum absolute atomic E-state index is 13.1. The molecule has 0 aliphatic heterocycles. The molecule has 1 aromatic heterocycles. The number of aromatic nitrogens is 2. The Morgan fingerprint density at radius 2 is 1.38 bits per heavy atom. The van der Waals surface area contributed by atoms with Gasteiger partial charge in [-0.05, 0) is 24.3 Å². The van der Waals surface area contributed by atoms with Crippen molar-refractivity contribution in [2.24, 2.45) is 0 Å². The lowest BCUT2D eigenvalue weighted by atomic mass is 10.3. The van der Waals surface area contributed by atoms with E-state index in [1.165, 1.54) is 24.3 Å². The molecule has 3 aromatic rings. The van der Waals surface area contributed by atoms with Crippen LogP contribution in [0.1, 0.15) is 0 Å². The maximum Gasteiger partial charge on any atom is 0.123 e. The molecule has 0 radical (unpaired) electrons. The lowest BCUT2D eigenvalue weighted by Gasteiger charge is -2.17. The summed E-state index contributed by atoms with van der Waals surface area (Å²) in [6.45, 7) is 0. The SMILES string of the molecule is Fc1ccc([SiH](Cn2ccnc2)c2ccc(F)cc2)cc1. The molecule has 0 spiro atoms. The van der Waals surface area contributed by atoms with E-state index in [1.54, 1.807) is 12.5 Å². The highest BCUT2D eigenvalue weighted by atomic mass is 28.3. The Morgan fingerprint density at radius 1 is 0.857 bits per heavy atom. The lowest BCUT2D eigenvalue weighted by molar-refractivity contribution is 0.628. The predicted molar refractivity (Wildman–Crippen MR) is 81.4 cm³/mol. The highest BCUT2D eigenvalue weighted by Gasteiger charge is 2.17. The molecule has 2 nitrogen and oxygen atoms in total. The summed E-state index contributed by atoms with van der Waals surface area (Å²) < 4.78 is 28.3. The Labute approximate surface area is 123 Å². The summed E-state index contributed by atoms with van der Waals surface area (Å²) in [5.74, 6) is -0.485. The predicted octanol–water partition coefficient (Wildman–Crippen LogP) is 1.74. The first-order valence-corrected chi connectivity index (χ1v) is 8.66. The van der Waals surface area contributed by atoms with Gasteiger partial charge < -0.3 is 4.57 Å². The van der Waals surface area contributed by atoms with Gasteiger partial charge in [0.15, 0.2) is 0 Å². The fourth-order valence-electron chi connectivity index (χ4n) is 2.40. The van der Waals surface area contributed by atoms with Crippen molar-refractivity contribution >= 4 is 19.2 Å². The van der Waals surface area contributed by atoms with Crippen LogP contribution >= 0.6 is 0 Å². The molecule has 0 amide bonds. The normalized spacial score (nSPS) is 11.0. The zero-order valence-corrected chi connectivity index (χ0v) is 12.4. The topological polar surface area (TPSA) is 17.8 Å². The molecule has 106 valence electrons. The van der Waals surface area contributed by atoms with Gasteiger partial charge in [-0.2, -0.15) is 0 Å². The van der Waals surface area contributed by atoms with Gasteiger partial charge >= 0.3 is 0 Å². The average molecular weight is 300 g/mol. The van der Waals surface area contributed by atoms with Crippen LogP contribution in [-0.4, -0.2) is 18.3 Å². The summed E-state index contributed by atoms with van der Waals surface area (Å²) in [6, 6.07) is 13.2. The van der Waals surface area contributed by atoms with Crippen LogP contribution in [0.4, 0.5) is 8.78 Å². The van der Waals surface area contributed by atoms with Gasteiger partial charge in [0, 0.05) is 18.6 Å². The molecule has 0 fully saturated rings. The molecule has 3 rings (SSSR count). The molecule has 5 heteroatoms. The third-order valence-electron chi connectivity index (χ3n) is 3.50. The Bertz CT molecular complexity index is 649. The maximum atomic E-state index is 13.1. The van der Waals surface area contributed by atoms with Crippen LogP contribution in [0.15, 0.2) is 67.3 Å². The van der Waals surface area contributed by atoms with Gasteiger partial charge in [-0.15, -0.1) is 0 Å². The minimum Gasteiger partial charge on any atom is -0.340 e. The summed E-state index contributed by atoms with van der Waals surface area (Å²) in [5.41, 5.74) is 0. The van der Waals surface area contributed by atoms with E-state index in [1.807, 2.05) is 35.0 Å². The van der Waals surface area contributed by atoms with E-state index in [0.29, 0.717) is 0 Å². The number of benzene rings is 2. The van der Waals surface area contributed by atoms with Crippen LogP contribution < -0.4 is 10.4 Å². The highest BCUT2D eigenvalue weighted by Crippen LogP contribution is 2.01. The van der Waals surface area contributed by atoms with Crippen LogP contribution in [0.3, 0.4) is 0 Å². The Balaban J connectivity index is 1.97. The molecule has 0 bridgehead atoms. The van der Waals surface area contributed by atoms with Gasteiger partial charge in [-0.3, -0.25) is 0 Å². The Hall–Kier alpha value is -2.27. The first-order valence-electron chi connectivity index (χ1n) is 6.69. The number of hydrogen-bond donors (Lipinski definition) is 0. The van der Waals surface area contributed by atoms with Gasteiger partial charge in [-0.1, -0.05) is 34.6 Å². The van der Waals surface area contributed by atoms with Crippen molar-refractivity contribution in [3.05, 3.63) is 78.9 Å². The van der Waals surface area contributed by atoms with Crippen molar-refractivity contribution in [3.8, 4) is 0 Å². The second-order valence-corrected chi connectivity index (χ2v) is 7.72. The second-order valence-electron chi connectivity index (χ2n) is 4.92. The van der Waals surface area contributed by atoms with E-state index in [-0.39, 0.29) is 11.6 Å². The van der Waals surface area contributed by atoms with Crippen molar-refractivity contribution < 1.29 is 8.78 Å². The third-order valence-corrected chi connectivity index (χ3v) is 6.66. The van der Waals surface area contributed by atoms with Crippen LogP contribution in [0.2, 0.25) is 0 Å². The summed E-state index contributed by atoms with van der Waals surface area (Å²) >= 11 is 0. The summed E-state index contributed by atoms with van der Waals surface area (Å²) in [7, 11) is -1.59. The van der Waals surface area contributed by atoms with E-state index in [0.717, 1.165) is 16.5 Å². The van der Waals surface area contributed by atoms with Gasteiger partial charge in [0.25, 0.3) is 0 Å². The second kappa shape index (κ2) is 6.01. The molecule has 0 saturated heterocycles. The zero-order chi connectivity index (χ0) is 14.7. The van der Waals surface area contributed by atoms with Gasteiger partial charge in [0.05, 0.1) is 6.33 Å². The van der Waals surface area contributed by atoms with Crippen LogP contribution in [0.5, 0.6) is 0 Å². The van der Waals surface area contributed by atoms with Gasteiger partial charge in [0.2, 0.25) is 0 Å². The average Bonchev–Trinajstić information content (AvgIpc) is 3.00. The molecule has 0 atom stereocenters. The van der Waals surface area contributed by atoms with Crippen LogP contribution in [-0.2, 0) is 6.17 Å². The molecule has 0 aliphatic rings. The Kier molecular flexibility index (Phi) is 3.92. The fraction of sp³-hybridized carbons (Fsp3) is 0.0625. The molecular formula is C16H14F2N2Si. The van der Waals surface area contributed by atoms with E-state index >= 15 is 0 Å². The van der Waals surface area contributed by atoms with Crippen LogP contribution in [0.25, 0.3) is 0 Å². The minimum atomic E-state index is -1.59. The molecule has 0 saturated carbocycles. The van der Waals surface area contributed by atoms with E-state index in [4.69, 9.17) is 0 Å². The molecule has 0 aliphatic carbocycles. The first kappa shape index (κ1) is 13.7. The molecular weight excluding hydrogens is 286 g/mol. The van der Waals surface area contributed by atoms with Crippen molar-refractivity contribution in [2.75, 3.05) is 0 Å². The van der Waals surface area contributed by atoms with Gasteiger partial charge in [0.1, 0.15) is 20.4 Å². The third kappa shape index (κ3) is 3.25. The lowest BCUT2D eigenvalue weighted by Crippen LogP contribution is -2.45. The number of halogens is 2. The van der Waals surface area contributed by atoms with Crippen molar-refractivity contribution in [1.82, 2.24) is 9.55 Å². The molecule has 2 aromatic carbocycles. The number of rotatable bonds is 4. The molecule has 21 heavy (non-hydrogen) atoms. The minimum absolute atomic E-state index is 0.242. The summed E-state index contributed by atoms with van der Waals surface area (Å²) in [4.78, 5) is 4.06. The molecule has 0 unspecified atom stereocenters. The summed E-state index contributed by atoms with van der Waals surface area (Å²) in [5, 5.41) is 2.24. The van der Waals surface area contributed by atoms with E-state index in [9.17, 15) is 8.78 Å². The van der Waals surface area contributed by atoms with Gasteiger partial charge in [-0.25, -0.2) is 13.8 Å². The Morgan fingerprint density at radius 3 is 1.81 bits per heavy atom. The molecule has 1 heterocycles. The molecule has 0 N–H and O–H groups in total. The van der Waals surface area contributed by atoms with Crippen molar-refractivity contribution in [1.29, 1.82) is 0 Å². The van der Waals surface area contributed by atoms with E-state index in [2.05, 4.69) is 4.98 Å². The fourth-order valence-corrected chi connectivity index (χ4v) is 5.16. The van der Waals surface area contributed by atoms with Crippen LogP contribution in [0, 0.1) is 11.6 Å². The number of imidazole rings is 1. The summed E-state index contributed by atoms with van der Waals surface area (Å²) in [6.07, 6.45) is 6.22. The first-order chi connectivity index (χ1) is 10.2. The quantitative estimate of drug-likeness (QED) is 0.671.